The van der Waals surface area contributed by atoms with Gasteiger partial charge in [-0.2, -0.15) is 13.2 Å². The first-order valence-corrected chi connectivity index (χ1v) is 5.48. The Labute approximate surface area is 88.8 Å². The Morgan fingerprint density at radius 2 is 1.80 bits per heavy atom. The lowest BCUT2D eigenvalue weighted by Crippen LogP contribution is -2.56. The molecule has 5 heteroatoms. The lowest BCUT2D eigenvalue weighted by Gasteiger charge is -2.38. The van der Waals surface area contributed by atoms with Crippen LogP contribution in [0.25, 0.3) is 0 Å². The van der Waals surface area contributed by atoms with E-state index in [9.17, 15) is 13.2 Å². The molecule has 1 rings (SSSR count). The fourth-order valence-corrected chi connectivity index (χ4v) is 2.07. The van der Waals surface area contributed by atoms with Gasteiger partial charge in [-0.25, -0.2) is 0 Å². The molecule has 0 aromatic rings. The molecule has 1 aliphatic heterocycles. The molecule has 0 aliphatic carbocycles. The van der Waals surface area contributed by atoms with E-state index in [1.807, 2.05) is 6.92 Å². The summed E-state index contributed by atoms with van der Waals surface area (Å²) in [6.07, 6.45) is -3.54. The molecule has 90 valence electrons. The summed E-state index contributed by atoms with van der Waals surface area (Å²) in [4.78, 5) is 1.56. The Bertz CT molecular complexity index is 188. The van der Waals surface area contributed by atoms with Crippen LogP contribution >= 0.6 is 0 Å². The molecule has 1 fully saturated rings. The predicted octanol–water partition coefficient (Wildman–Crippen LogP) is 1.87. The first kappa shape index (κ1) is 12.8. The zero-order valence-corrected chi connectivity index (χ0v) is 9.27. The van der Waals surface area contributed by atoms with Gasteiger partial charge < -0.3 is 5.32 Å². The van der Waals surface area contributed by atoms with E-state index in [-0.39, 0.29) is 5.92 Å². The van der Waals surface area contributed by atoms with Gasteiger partial charge >= 0.3 is 6.18 Å². The molecule has 1 heterocycles. The van der Waals surface area contributed by atoms with E-state index in [2.05, 4.69) is 5.32 Å². The molecule has 0 aromatic carbocycles. The molecule has 0 saturated carbocycles. The van der Waals surface area contributed by atoms with Crippen molar-refractivity contribution in [1.29, 1.82) is 0 Å². The number of hydrogen-bond donors (Lipinski definition) is 1. The highest BCUT2D eigenvalue weighted by atomic mass is 19.4. The van der Waals surface area contributed by atoms with E-state index >= 15 is 0 Å². The third-order valence-corrected chi connectivity index (χ3v) is 3.06. The van der Waals surface area contributed by atoms with Gasteiger partial charge in [0.15, 0.2) is 0 Å². The molecule has 1 saturated heterocycles. The number of piperazine rings is 1. The van der Waals surface area contributed by atoms with Gasteiger partial charge in [-0.15, -0.1) is 0 Å². The number of hydrogen-bond acceptors (Lipinski definition) is 2. The standard InChI is InChI=1S/C10H19F3N2/c1-3-8(2)9(10(11,12)13)15-6-4-14-5-7-15/h8-9,14H,3-7H2,1-2H3/t8?,9-/m1/s1. The number of rotatable bonds is 3. The van der Waals surface area contributed by atoms with E-state index in [4.69, 9.17) is 0 Å². The minimum Gasteiger partial charge on any atom is -0.314 e. The lowest BCUT2D eigenvalue weighted by atomic mass is 9.96. The fraction of sp³-hybridized carbons (Fsp3) is 1.00. The Morgan fingerprint density at radius 3 is 2.20 bits per heavy atom. The smallest absolute Gasteiger partial charge is 0.314 e. The molecule has 2 atom stereocenters. The largest absolute Gasteiger partial charge is 0.404 e. The highest BCUT2D eigenvalue weighted by Crippen LogP contribution is 2.31. The lowest BCUT2D eigenvalue weighted by molar-refractivity contribution is -0.198. The van der Waals surface area contributed by atoms with Crippen molar-refractivity contribution < 1.29 is 13.2 Å². The van der Waals surface area contributed by atoms with Crippen molar-refractivity contribution in [3.63, 3.8) is 0 Å². The van der Waals surface area contributed by atoms with Crippen LogP contribution < -0.4 is 5.32 Å². The molecule has 1 N–H and O–H groups in total. The Hall–Kier alpha value is -0.290. The van der Waals surface area contributed by atoms with Gasteiger partial charge in [-0.05, 0) is 5.92 Å². The number of alkyl halides is 3. The molecular weight excluding hydrogens is 205 g/mol. The number of nitrogens with one attached hydrogen (secondary N) is 1. The van der Waals surface area contributed by atoms with Gasteiger partial charge in [0.1, 0.15) is 6.04 Å². The summed E-state index contributed by atoms with van der Waals surface area (Å²) >= 11 is 0. The first-order chi connectivity index (χ1) is 6.96. The molecule has 0 spiro atoms. The second kappa shape index (κ2) is 5.16. The summed E-state index contributed by atoms with van der Waals surface area (Å²) in [5.74, 6) is -0.330. The van der Waals surface area contributed by atoms with Crippen LogP contribution in [0.4, 0.5) is 13.2 Å². The zero-order chi connectivity index (χ0) is 11.5. The van der Waals surface area contributed by atoms with Crippen molar-refractivity contribution in [1.82, 2.24) is 10.2 Å². The van der Waals surface area contributed by atoms with Gasteiger partial charge in [0, 0.05) is 26.2 Å². The summed E-state index contributed by atoms with van der Waals surface area (Å²) in [5, 5.41) is 3.07. The second-order valence-corrected chi connectivity index (χ2v) is 4.16. The molecular formula is C10H19F3N2. The van der Waals surface area contributed by atoms with Gasteiger partial charge in [0.25, 0.3) is 0 Å². The van der Waals surface area contributed by atoms with Crippen LogP contribution in [0.15, 0.2) is 0 Å². The molecule has 1 unspecified atom stereocenters. The third-order valence-electron chi connectivity index (χ3n) is 3.06. The van der Waals surface area contributed by atoms with Crippen LogP contribution in [0.5, 0.6) is 0 Å². The highest BCUT2D eigenvalue weighted by Gasteiger charge is 2.46. The maximum absolute atomic E-state index is 12.9. The van der Waals surface area contributed by atoms with Gasteiger partial charge in [-0.3, -0.25) is 4.90 Å². The maximum Gasteiger partial charge on any atom is 0.404 e. The van der Waals surface area contributed by atoms with Crippen LogP contribution in [-0.2, 0) is 0 Å². The van der Waals surface area contributed by atoms with Gasteiger partial charge in [0.2, 0.25) is 0 Å². The average molecular weight is 224 g/mol. The zero-order valence-electron chi connectivity index (χ0n) is 9.27. The second-order valence-electron chi connectivity index (χ2n) is 4.16. The van der Waals surface area contributed by atoms with Crippen LogP contribution in [0.2, 0.25) is 0 Å². The van der Waals surface area contributed by atoms with Crippen LogP contribution in [0.1, 0.15) is 20.3 Å². The SMILES string of the molecule is CCC(C)[C@@H](N1CCNCC1)C(F)(F)F. The summed E-state index contributed by atoms with van der Waals surface area (Å²) < 4.78 is 38.6. The van der Waals surface area contributed by atoms with E-state index < -0.39 is 12.2 Å². The topological polar surface area (TPSA) is 15.3 Å². The molecule has 0 bridgehead atoms. The van der Waals surface area contributed by atoms with Crippen molar-refractivity contribution >= 4 is 0 Å². The van der Waals surface area contributed by atoms with E-state index in [0.29, 0.717) is 32.6 Å². The third kappa shape index (κ3) is 3.34. The average Bonchev–Trinajstić information content (AvgIpc) is 2.17. The predicted molar refractivity (Wildman–Crippen MR) is 53.7 cm³/mol. The first-order valence-electron chi connectivity index (χ1n) is 5.48. The minimum absolute atomic E-state index is 0.330. The fourth-order valence-electron chi connectivity index (χ4n) is 2.07. The Morgan fingerprint density at radius 1 is 1.27 bits per heavy atom. The van der Waals surface area contributed by atoms with Crippen molar-refractivity contribution in [2.45, 2.75) is 32.5 Å². The summed E-state index contributed by atoms with van der Waals surface area (Å²) in [6.45, 7) is 5.79. The molecule has 2 nitrogen and oxygen atoms in total. The van der Waals surface area contributed by atoms with E-state index in [1.54, 1.807) is 11.8 Å². The van der Waals surface area contributed by atoms with Crippen LogP contribution in [0, 0.1) is 5.92 Å². The summed E-state index contributed by atoms with van der Waals surface area (Å²) in [6, 6.07) is -1.27. The Kier molecular flexibility index (Phi) is 4.40. The van der Waals surface area contributed by atoms with Crippen molar-refractivity contribution in [3.8, 4) is 0 Å². The molecule has 0 radical (unpaired) electrons. The van der Waals surface area contributed by atoms with Crippen molar-refractivity contribution in [3.05, 3.63) is 0 Å². The number of halogens is 3. The van der Waals surface area contributed by atoms with Gasteiger partial charge in [0.05, 0.1) is 0 Å². The van der Waals surface area contributed by atoms with Gasteiger partial charge in [-0.1, -0.05) is 20.3 Å². The van der Waals surface area contributed by atoms with Crippen LogP contribution in [0.3, 0.4) is 0 Å². The summed E-state index contributed by atoms with van der Waals surface area (Å²) in [7, 11) is 0. The highest BCUT2D eigenvalue weighted by molar-refractivity contribution is 4.85. The minimum atomic E-state index is -4.10. The van der Waals surface area contributed by atoms with E-state index in [1.165, 1.54) is 0 Å². The summed E-state index contributed by atoms with van der Waals surface area (Å²) in [5.41, 5.74) is 0. The Balaban J connectivity index is 2.70. The molecule has 0 aromatic heterocycles. The monoisotopic (exact) mass is 224 g/mol. The van der Waals surface area contributed by atoms with Crippen LogP contribution in [-0.4, -0.2) is 43.3 Å². The maximum atomic E-state index is 12.9. The van der Waals surface area contributed by atoms with Crippen molar-refractivity contribution in [2.24, 2.45) is 5.92 Å². The molecule has 1 aliphatic rings. The van der Waals surface area contributed by atoms with E-state index in [0.717, 1.165) is 0 Å². The van der Waals surface area contributed by atoms with Crippen molar-refractivity contribution in [2.75, 3.05) is 26.2 Å². The normalized spacial score (nSPS) is 23.8. The quantitative estimate of drug-likeness (QED) is 0.787. The molecule has 15 heavy (non-hydrogen) atoms. The number of nitrogens with zero attached hydrogens (tertiary/aromatic N) is 1. The molecule has 0 amide bonds.